The van der Waals surface area contributed by atoms with Crippen LogP contribution in [0.1, 0.15) is 0 Å². The molecule has 0 fully saturated rings. The van der Waals surface area contributed by atoms with E-state index in [9.17, 15) is 0 Å². The third-order valence-corrected chi connectivity index (χ3v) is 12.2. The van der Waals surface area contributed by atoms with Crippen LogP contribution in [0.3, 0.4) is 0 Å². The number of fused-ring (bicyclic) bond motifs is 4. The maximum Gasteiger partial charge on any atom is 0.164 e. The summed E-state index contributed by atoms with van der Waals surface area (Å²) in [6.07, 6.45) is 0. The van der Waals surface area contributed by atoms with Crippen molar-refractivity contribution in [3.63, 3.8) is 0 Å². The highest BCUT2D eigenvalue weighted by molar-refractivity contribution is 7.25. The lowest BCUT2D eigenvalue weighted by Crippen LogP contribution is -2.01. The summed E-state index contributed by atoms with van der Waals surface area (Å²) in [6, 6.07) is 75.3. The average molecular weight is 770 g/mol. The summed E-state index contributed by atoms with van der Waals surface area (Å²) in [6.45, 7) is 0. The number of aromatic nitrogens is 3. The molecule has 0 aliphatic rings. The molecule has 11 aromatic rings. The van der Waals surface area contributed by atoms with E-state index in [1.807, 2.05) is 23.5 Å². The Labute approximate surface area is 346 Å². The quantitative estimate of drug-likeness (QED) is 0.162. The number of benzene rings is 9. The Balaban J connectivity index is 1.14. The number of thiophene rings is 1. The first-order valence-corrected chi connectivity index (χ1v) is 20.6. The molecule has 0 aliphatic heterocycles. The maximum atomic E-state index is 5.34. The molecule has 0 N–H and O–H groups in total. The first-order valence-electron chi connectivity index (χ1n) is 19.8. The molecule has 2 aromatic heterocycles. The lowest BCUT2D eigenvalue weighted by Gasteiger charge is -2.14. The Morgan fingerprint density at radius 2 is 0.780 bits per heavy atom. The van der Waals surface area contributed by atoms with Gasteiger partial charge >= 0.3 is 0 Å². The molecule has 0 atom stereocenters. The van der Waals surface area contributed by atoms with Crippen molar-refractivity contribution in [1.29, 1.82) is 0 Å². The van der Waals surface area contributed by atoms with Crippen molar-refractivity contribution in [2.45, 2.75) is 0 Å². The van der Waals surface area contributed by atoms with Crippen LogP contribution in [0.25, 0.3) is 110 Å². The third-order valence-electron chi connectivity index (χ3n) is 11.1. The summed E-state index contributed by atoms with van der Waals surface area (Å²) in [7, 11) is 0. The van der Waals surface area contributed by atoms with Gasteiger partial charge in [0.05, 0.1) is 0 Å². The van der Waals surface area contributed by atoms with Crippen LogP contribution in [0.2, 0.25) is 0 Å². The van der Waals surface area contributed by atoms with Crippen LogP contribution in [0.4, 0.5) is 0 Å². The molecule has 9 aromatic carbocycles. The van der Waals surface area contributed by atoms with Crippen molar-refractivity contribution in [3.8, 4) is 78.7 Å². The van der Waals surface area contributed by atoms with Crippen LogP contribution in [-0.2, 0) is 0 Å². The van der Waals surface area contributed by atoms with Crippen molar-refractivity contribution in [3.05, 3.63) is 212 Å². The van der Waals surface area contributed by atoms with Crippen molar-refractivity contribution >= 4 is 42.3 Å². The number of nitrogens with zero attached hydrogens (tertiary/aromatic N) is 3. The summed E-state index contributed by atoms with van der Waals surface area (Å²) in [5.41, 5.74) is 11.7. The predicted octanol–water partition coefficient (Wildman–Crippen LogP) is 15.1. The summed E-state index contributed by atoms with van der Waals surface area (Å²) in [5, 5.41) is 4.98. The van der Waals surface area contributed by atoms with E-state index in [-0.39, 0.29) is 0 Å². The molecule has 4 heteroatoms. The Hall–Kier alpha value is -7.53. The molecule has 0 saturated carbocycles. The third kappa shape index (κ3) is 6.66. The second-order valence-corrected chi connectivity index (χ2v) is 15.9. The van der Waals surface area contributed by atoms with Crippen LogP contribution >= 0.6 is 11.3 Å². The molecule has 59 heavy (non-hydrogen) atoms. The fraction of sp³-hybridized carbons (Fsp3) is 0. The SMILES string of the molecule is c1ccc(-c2cccc(-c3nc(-c4cc(-c5ccc6ccccc6c5)cc(-c5ccc6c(c5)sc5ccccc56)c4)nc(-c4ccccc4-c4ccccc4)n3)c2)cc1. The van der Waals surface area contributed by atoms with E-state index in [1.54, 1.807) is 0 Å². The Morgan fingerprint density at radius 1 is 0.254 bits per heavy atom. The summed E-state index contributed by atoms with van der Waals surface area (Å²) in [5.74, 6) is 1.86. The molecule has 0 spiro atoms. The van der Waals surface area contributed by atoms with E-state index < -0.39 is 0 Å². The molecule has 0 saturated heterocycles. The molecule has 0 aliphatic carbocycles. The molecule has 11 rings (SSSR count). The standard InChI is InChI=1S/C55H35N3S/c1-3-14-36(15-4-1)40-20-13-21-43(31-40)53-56-54(58-55(57-53)50-24-10-9-22-47(50)38-17-5-2-6-18-38)46-33-44(41-27-26-37-16-7-8-19-39(37)30-41)32-45(34-46)42-28-29-49-48-23-11-12-25-51(48)59-52(49)35-42/h1-35H. The van der Waals surface area contributed by atoms with Gasteiger partial charge in [0.15, 0.2) is 17.5 Å². The smallest absolute Gasteiger partial charge is 0.164 e. The molecule has 3 nitrogen and oxygen atoms in total. The van der Waals surface area contributed by atoms with E-state index in [2.05, 4.69) is 200 Å². The van der Waals surface area contributed by atoms with Gasteiger partial charge in [-0.3, -0.25) is 0 Å². The van der Waals surface area contributed by atoms with Gasteiger partial charge in [-0.05, 0) is 97.7 Å². The van der Waals surface area contributed by atoms with E-state index >= 15 is 0 Å². The maximum absolute atomic E-state index is 5.34. The van der Waals surface area contributed by atoms with Gasteiger partial charge in [-0.1, -0.05) is 170 Å². The van der Waals surface area contributed by atoms with Crippen LogP contribution in [0.5, 0.6) is 0 Å². The van der Waals surface area contributed by atoms with Crippen LogP contribution < -0.4 is 0 Å². The lowest BCUT2D eigenvalue weighted by molar-refractivity contribution is 1.07. The average Bonchev–Trinajstić information content (AvgIpc) is 3.70. The molecular weight excluding hydrogens is 735 g/mol. The van der Waals surface area contributed by atoms with Gasteiger partial charge in [0, 0.05) is 36.9 Å². The van der Waals surface area contributed by atoms with E-state index in [4.69, 9.17) is 15.0 Å². The minimum Gasteiger partial charge on any atom is -0.208 e. The first-order chi connectivity index (χ1) is 29.2. The summed E-state index contributed by atoms with van der Waals surface area (Å²) >= 11 is 1.84. The van der Waals surface area contributed by atoms with Crippen molar-refractivity contribution in [2.75, 3.05) is 0 Å². The highest BCUT2D eigenvalue weighted by atomic mass is 32.1. The number of hydrogen-bond donors (Lipinski definition) is 0. The first kappa shape index (κ1) is 34.7. The Bertz CT molecular complexity index is 3330. The van der Waals surface area contributed by atoms with Gasteiger partial charge in [0.25, 0.3) is 0 Å². The van der Waals surface area contributed by atoms with Crippen molar-refractivity contribution in [1.82, 2.24) is 15.0 Å². The van der Waals surface area contributed by atoms with E-state index in [1.165, 1.54) is 30.9 Å². The molecule has 0 unspecified atom stereocenters. The second-order valence-electron chi connectivity index (χ2n) is 14.8. The van der Waals surface area contributed by atoms with Gasteiger partial charge < -0.3 is 0 Å². The van der Waals surface area contributed by atoms with E-state index in [0.29, 0.717) is 17.5 Å². The molecule has 0 radical (unpaired) electrons. The molecule has 0 bridgehead atoms. The topological polar surface area (TPSA) is 38.7 Å². The fourth-order valence-electron chi connectivity index (χ4n) is 8.13. The monoisotopic (exact) mass is 769 g/mol. The highest BCUT2D eigenvalue weighted by Crippen LogP contribution is 2.40. The van der Waals surface area contributed by atoms with Gasteiger partial charge in [-0.2, -0.15) is 0 Å². The normalized spacial score (nSPS) is 11.4. The van der Waals surface area contributed by atoms with Crippen molar-refractivity contribution < 1.29 is 0 Å². The highest BCUT2D eigenvalue weighted by Gasteiger charge is 2.18. The Morgan fingerprint density at radius 3 is 1.59 bits per heavy atom. The minimum absolute atomic E-state index is 0.616. The predicted molar refractivity (Wildman–Crippen MR) is 248 cm³/mol. The van der Waals surface area contributed by atoms with Gasteiger partial charge in [-0.25, -0.2) is 15.0 Å². The lowest BCUT2D eigenvalue weighted by atomic mass is 9.94. The number of rotatable bonds is 7. The van der Waals surface area contributed by atoms with Crippen molar-refractivity contribution in [2.24, 2.45) is 0 Å². The zero-order valence-corrected chi connectivity index (χ0v) is 32.8. The molecule has 276 valence electrons. The number of hydrogen-bond acceptors (Lipinski definition) is 4. The molecule has 2 heterocycles. The minimum atomic E-state index is 0.616. The second kappa shape index (κ2) is 14.8. The zero-order chi connectivity index (χ0) is 39.1. The summed E-state index contributed by atoms with van der Waals surface area (Å²) < 4.78 is 2.56. The summed E-state index contributed by atoms with van der Waals surface area (Å²) in [4.78, 5) is 15.9. The van der Waals surface area contributed by atoms with Crippen LogP contribution in [0.15, 0.2) is 212 Å². The van der Waals surface area contributed by atoms with Gasteiger partial charge in [-0.15, -0.1) is 11.3 Å². The fourth-order valence-corrected chi connectivity index (χ4v) is 9.28. The molecule has 0 amide bonds. The van der Waals surface area contributed by atoms with Gasteiger partial charge in [0.2, 0.25) is 0 Å². The zero-order valence-electron chi connectivity index (χ0n) is 32.0. The van der Waals surface area contributed by atoms with Gasteiger partial charge in [0.1, 0.15) is 0 Å². The van der Waals surface area contributed by atoms with E-state index in [0.717, 1.165) is 61.2 Å². The Kier molecular flexibility index (Phi) is 8.68. The molecular formula is C55H35N3S. The van der Waals surface area contributed by atoms with Crippen LogP contribution in [0, 0.1) is 0 Å². The van der Waals surface area contributed by atoms with Crippen LogP contribution in [-0.4, -0.2) is 15.0 Å². The largest absolute Gasteiger partial charge is 0.208 e.